The van der Waals surface area contributed by atoms with Crippen molar-refractivity contribution in [2.24, 2.45) is 17.3 Å². The Balaban J connectivity index is 1.88. The first-order valence-electron chi connectivity index (χ1n) is 7.21. The predicted octanol–water partition coefficient (Wildman–Crippen LogP) is 3.53. The van der Waals surface area contributed by atoms with E-state index < -0.39 is 0 Å². The van der Waals surface area contributed by atoms with Crippen LogP contribution in [0.3, 0.4) is 0 Å². The number of halogens is 2. The van der Waals surface area contributed by atoms with Crippen molar-refractivity contribution >= 4 is 0 Å². The number of rotatable bonds is 4. The molecule has 0 amide bonds. The van der Waals surface area contributed by atoms with Gasteiger partial charge in [0.2, 0.25) is 0 Å². The molecular weight excluding hydrogens is 244 g/mol. The zero-order valence-corrected chi connectivity index (χ0v) is 11.4. The van der Waals surface area contributed by atoms with E-state index in [1.54, 1.807) is 0 Å². The Hall–Kier alpha value is -0.960. The second-order valence-electron chi connectivity index (χ2n) is 6.39. The van der Waals surface area contributed by atoms with E-state index in [2.05, 4.69) is 5.32 Å². The molecule has 0 saturated heterocycles. The monoisotopic (exact) mass is 265 g/mol. The lowest BCUT2D eigenvalue weighted by atomic mass is 9.69. The third-order valence-corrected chi connectivity index (χ3v) is 5.18. The van der Waals surface area contributed by atoms with Gasteiger partial charge in [0.25, 0.3) is 0 Å². The second-order valence-corrected chi connectivity index (χ2v) is 6.39. The van der Waals surface area contributed by atoms with Crippen molar-refractivity contribution in [3.05, 3.63) is 35.4 Å². The number of benzene rings is 1. The first kappa shape index (κ1) is 13.0. The third kappa shape index (κ3) is 2.29. The summed E-state index contributed by atoms with van der Waals surface area (Å²) in [5.74, 6) is 0.876. The Morgan fingerprint density at radius 3 is 2.79 bits per heavy atom. The fourth-order valence-corrected chi connectivity index (χ4v) is 4.46. The highest BCUT2D eigenvalue weighted by molar-refractivity contribution is 5.22. The van der Waals surface area contributed by atoms with Gasteiger partial charge in [-0.15, -0.1) is 0 Å². The number of fused-ring (bicyclic) bond motifs is 2. The maximum Gasteiger partial charge on any atom is 0.126 e. The first-order valence-corrected chi connectivity index (χ1v) is 7.21. The summed E-state index contributed by atoms with van der Waals surface area (Å²) in [5, 5.41) is 3.27. The fraction of sp³-hybridized carbons (Fsp3) is 0.625. The number of hydrogen-bond acceptors (Lipinski definition) is 1. The lowest BCUT2D eigenvalue weighted by Crippen LogP contribution is -2.39. The molecule has 0 aromatic heterocycles. The highest BCUT2D eigenvalue weighted by atomic mass is 19.1. The summed E-state index contributed by atoms with van der Waals surface area (Å²) in [5.41, 5.74) is 0.676. The van der Waals surface area contributed by atoms with Crippen LogP contribution in [0.1, 0.15) is 31.2 Å². The van der Waals surface area contributed by atoms with E-state index in [0.717, 1.165) is 18.9 Å². The quantitative estimate of drug-likeness (QED) is 0.878. The predicted molar refractivity (Wildman–Crippen MR) is 71.9 cm³/mol. The molecule has 104 valence electrons. The van der Waals surface area contributed by atoms with Crippen LogP contribution < -0.4 is 5.32 Å². The zero-order valence-electron chi connectivity index (χ0n) is 11.4. The van der Waals surface area contributed by atoms with Crippen LogP contribution in [0.25, 0.3) is 0 Å². The Morgan fingerprint density at radius 1 is 1.32 bits per heavy atom. The van der Waals surface area contributed by atoms with Gasteiger partial charge in [-0.2, -0.15) is 0 Å². The Bertz CT molecular complexity index is 474. The molecule has 2 fully saturated rings. The normalized spacial score (nSPS) is 33.0. The van der Waals surface area contributed by atoms with Crippen LogP contribution in [0.2, 0.25) is 0 Å². The fourth-order valence-electron chi connectivity index (χ4n) is 4.46. The molecule has 3 heteroatoms. The lowest BCUT2D eigenvalue weighted by Gasteiger charge is -2.38. The summed E-state index contributed by atoms with van der Waals surface area (Å²) in [6.45, 7) is 0.907. The van der Waals surface area contributed by atoms with Gasteiger partial charge in [-0.25, -0.2) is 8.78 Å². The van der Waals surface area contributed by atoms with Gasteiger partial charge in [0.1, 0.15) is 11.6 Å². The summed E-state index contributed by atoms with van der Waals surface area (Å²) in [6.07, 6.45) is 5.68. The molecule has 19 heavy (non-hydrogen) atoms. The van der Waals surface area contributed by atoms with Gasteiger partial charge < -0.3 is 5.32 Å². The minimum atomic E-state index is -0.334. The van der Waals surface area contributed by atoms with E-state index in [0.29, 0.717) is 17.9 Å². The molecule has 0 aliphatic heterocycles. The minimum absolute atomic E-state index is 0.131. The second kappa shape index (κ2) is 4.86. The van der Waals surface area contributed by atoms with Crippen molar-refractivity contribution in [3.63, 3.8) is 0 Å². The number of hydrogen-bond donors (Lipinski definition) is 1. The summed E-state index contributed by atoms with van der Waals surface area (Å²) >= 11 is 0. The van der Waals surface area contributed by atoms with Crippen molar-refractivity contribution in [1.29, 1.82) is 0 Å². The van der Waals surface area contributed by atoms with E-state index in [-0.39, 0.29) is 17.0 Å². The van der Waals surface area contributed by atoms with Crippen molar-refractivity contribution < 1.29 is 8.78 Å². The first-order chi connectivity index (χ1) is 9.13. The highest BCUT2D eigenvalue weighted by Gasteiger charge is 2.50. The molecule has 2 bridgehead atoms. The van der Waals surface area contributed by atoms with E-state index in [1.165, 1.54) is 37.5 Å². The maximum atomic E-state index is 13.9. The van der Waals surface area contributed by atoms with Gasteiger partial charge in [0.05, 0.1) is 0 Å². The maximum absolute atomic E-state index is 13.9. The average Bonchev–Trinajstić information content (AvgIpc) is 2.95. The van der Waals surface area contributed by atoms with E-state index in [1.807, 2.05) is 7.05 Å². The molecule has 1 aromatic carbocycles. The molecule has 1 aromatic rings. The van der Waals surface area contributed by atoms with E-state index in [9.17, 15) is 8.78 Å². The molecule has 1 nitrogen and oxygen atoms in total. The van der Waals surface area contributed by atoms with E-state index in [4.69, 9.17) is 0 Å². The van der Waals surface area contributed by atoms with Crippen LogP contribution in [-0.4, -0.2) is 13.6 Å². The van der Waals surface area contributed by atoms with Crippen LogP contribution in [-0.2, 0) is 6.42 Å². The number of nitrogens with one attached hydrogen (secondary N) is 1. The Labute approximate surface area is 113 Å². The van der Waals surface area contributed by atoms with Gasteiger partial charge in [-0.1, -0.05) is 6.42 Å². The van der Waals surface area contributed by atoms with Crippen LogP contribution >= 0.6 is 0 Å². The van der Waals surface area contributed by atoms with Crippen molar-refractivity contribution in [1.82, 2.24) is 5.32 Å². The smallest absolute Gasteiger partial charge is 0.126 e. The molecule has 2 aliphatic carbocycles. The van der Waals surface area contributed by atoms with Gasteiger partial charge >= 0.3 is 0 Å². The lowest BCUT2D eigenvalue weighted by molar-refractivity contribution is 0.158. The Kier molecular flexibility index (Phi) is 3.34. The molecule has 1 N–H and O–H groups in total. The van der Waals surface area contributed by atoms with Gasteiger partial charge in [0, 0.05) is 6.54 Å². The molecule has 2 saturated carbocycles. The highest BCUT2D eigenvalue weighted by Crippen LogP contribution is 2.57. The van der Waals surface area contributed by atoms with E-state index >= 15 is 0 Å². The summed E-state index contributed by atoms with van der Waals surface area (Å²) in [7, 11) is 1.95. The molecular formula is C16H21F2N. The van der Waals surface area contributed by atoms with Crippen molar-refractivity contribution in [2.75, 3.05) is 13.6 Å². The zero-order chi connectivity index (χ0) is 13.5. The molecule has 3 rings (SSSR count). The molecule has 0 heterocycles. The van der Waals surface area contributed by atoms with Crippen molar-refractivity contribution in [2.45, 2.75) is 32.1 Å². The van der Waals surface area contributed by atoms with Crippen LogP contribution in [0, 0.1) is 28.9 Å². The Morgan fingerprint density at radius 2 is 2.16 bits per heavy atom. The van der Waals surface area contributed by atoms with Crippen molar-refractivity contribution in [3.8, 4) is 0 Å². The van der Waals surface area contributed by atoms with Gasteiger partial charge in [0.15, 0.2) is 0 Å². The van der Waals surface area contributed by atoms with Crippen LogP contribution in [0.5, 0.6) is 0 Å². The molecule has 0 radical (unpaired) electrons. The topological polar surface area (TPSA) is 12.0 Å². The van der Waals surface area contributed by atoms with Crippen LogP contribution in [0.4, 0.5) is 8.78 Å². The minimum Gasteiger partial charge on any atom is -0.319 e. The van der Waals surface area contributed by atoms with Gasteiger partial charge in [-0.3, -0.25) is 0 Å². The standard InChI is InChI=1S/C16H21F2N/c1-19-10-16(8-11-2-3-13(16)6-11)9-12-7-14(17)4-5-15(12)18/h4-5,7,11,13,19H,2-3,6,8-10H2,1H3. The average molecular weight is 265 g/mol. The molecule has 0 spiro atoms. The molecule has 3 atom stereocenters. The summed E-state index contributed by atoms with van der Waals surface area (Å²) in [4.78, 5) is 0. The molecule has 2 aliphatic rings. The van der Waals surface area contributed by atoms with Crippen LogP contribution in [0.15, 0.2) is 18.2 Å². The SMILES string of the molecule is CNCC1(Cc2cc(F)ccc2F)CC2CCC1C2. The van der Waals surface area contributed by atoms with Gasteiger partial charge in [-0.05, 0) is 73.7 Å². The molecule has 3 unspecified atom stereocenters. The summed E-state index contributed by atoms with van der Waals surface area (Å²) < 4.78 is 27.2. The summed E-state index contributed by atoms with van der Waals surface area (Å²) in [6, 6.07) is 3.83. The largest absolute Gasteiger partial charge is 0.319 e. The third-order valence-electron chi connectivity index (χ3n) is 5.18.